The fourth-order valence-corrected chi connectivity index (χ4v) is 2.05. The molecule has 0 aromatic heterocycles. The summed E-state index contributed by atoms with van der Waals surface area (Å²) in [6.07, 6.45) is 1.35. The Labute approximate surface area is 114 Å². The summed E-state index contributed by atoms with van der Waals surface area (Å²) >= 11 is 0. The first-order valence-electron chi connectivity index (χ1n) is 6.86. The molecule has 2 rings (SSSR count). The van der Waals surface area contributed by atoms with E-state index in [0.29, 0.717) is 13.2 Å². The molecule has 1 saturated heterocycles. The zero-order valence-electron chi connectivity index (χ0n) is 11.7. The molecule has 0 saturated carbocycles. The molecule has 19 heavy (non-hydrogen) atoms. The lowest BCUT2D eigenvalue weighted by Gasteiger charge is -2.16. The molecule has 1 aliphatic rings. The fraction of sp³-hybridized carbons (Fsp3) is 0.600. The third-order valence-corrected chi connectivity index (χ3v) is 3.08. The summed E-state index contributed by atoms with van der Waals surface area (Å²) in [5.74, 6) is 0.871. The minimum Gasteiger partial charge on any atom is -0.491 e. The van der Waals surface area contributed by atoms with Gasteiger partial charge in [0.05, 0.1) is 31.5 Å². The van der Waals surface area contributed by atoms with Gasteiger partial charge in [0.2, 0.25) is 0 Å². The largest absolute Gasteiger partial charge is 0.491 e. The van der Waals surface area contributed by atoms with Crippen LogP contribution in [0.1, 0.15) is 31.9 Å². The van der Waals surface area contributed by atoms with E-state index in [9.17, 15) is 0 Å². The summed E-state index contributed by atoms with van der Waals surface area (Å²) in [4.78, 5) is 0. The second-order valence-electron chi connectivity index (χ2n) is 5.16. The normalized spacial score (nSPS) is 20.7. The van der Waals surface area contributed by atoms with Crippen LogP contribution in [-0.2, 0) is 9.47 Å². The first-order valence-corrected chi connectivity index (χ1v) is 6.86. The second kappa shape index (κ2) is 6.89. The van der Waals surface area contributed by atoms with Gasteiger partial charge >= 0.3 is 0 Å². The Morgan fingerprint density at radius 2 is 2.05 bits per heavy atom. The summed E-state index contributed by atoms with van der Waals surface area (Å²) < 4.78 is 16.6. The van der Waals surface area contributed by atoms with Crippen LogP contribution < -0.4 is 10.5 Å². The number of hydrogen-bond donors (Lipinski definition) is 1. The van der Waals surface area contributed by atoms with Crippen LogP contribution in [0.4, 0.5) is 0 Å². The molecule has 0 spiro atoms. The van der Waals surface area contributed by atoms with Crippen LogP contribution in [0.15, 0.2) is 24.3 Å². The molecule has 1 aromatic rings. The molecule has 0 bridgehead atoms. The smallest absolute Gasteiger partial charge is 0.119 e. The van der Waals surface area contributed by atoms with Crippen LogP contribution in [0.5, 0.6) is 5.75 Å². The summed E-state index contributed by atoms with van der Waals surface area (Å²) in [5.41, 5.74) is 7.18. The molecule has 1 aromatic carbocycles. The molecule has 0 radical (unpaired) electrons. The maximum Gasteiger partial charge on any atom is 0.119 e. The third kappa shape index (κ3) is 4.49. The lowest BCUT2D eigenvalue weighted by Crippen LogP contribution is -2.22. The van der Waals surface area contributed by atoms with Crippen LogP contribution >= 0.6 is 0 Å². The topological polar surface area (TPSA) is 53.7 Å². The van der Waals surface area contributed by atoms with Crippen molar-refractivity contribution in [3.05, 3.63) is 29.8 Å². The Hall–Kier alpha value is -1.10. The molecule has 1 heterocycles. The fourth-order valence-electron chi connectivity index (χ4n) is 2.05. The van der Waals surface area contributed by atoms with E-state index in [4.69, 9.17) is 19.9 Å². The summed E-state index contributed by atoms with van der Waals surface area (Å²) in [5, 5.41) is 0. The highest BCUT2D eigenvalue weighted by atomic mass is 16.5. The van der Waals surface area contributed by atoms with Crippen molar-refractivity contribution >= 4 is 0 Å². The first-order chi connectivity index (χ1) is 9.15. The van der Waals surface area contributed by atoms with E-state index in [1.54, 1.807) is 0 Å². The molecule has 106 valence electrons. The number of ether oxygens (including phenoxy) is 3. The van der Waals surface area contributed by atoms with Crippen molar-refractivity contribution < 1.29 is 14.2 Å². The van der Waals surface area contributed by atoms with Gasteiger partial charge in [0.25, 0.3) is 0 Å². The van der Waals surface area contributed by atoms with Gasteiger partial charge in [-0.1, -0.05) is 12.1 Å². The molecule has 2 N–H and O–H groups in total. The van der Waals surface area contributed by atoms with Crippen molar-refractivity contribution in [2.75, 3.05) is 19.8 Å². The quantitative estimate of drug-likeness (QED) is 0.857. The Morgan fingerprint density at radius 1 is 1.32 bits per heavy atom. The Balaban J connectivity index is 1.82. The highest BCUT2D eigenvalue weighted by Gasteiger charge is 2.17. The van der Waals surface area contributed by atoms with Gasteiger partial charge in [0.15, 0.2) is 0 Å². The average molecular weight is 265 g/mol. The van der Waals surface area contributed by atoms with E-state index in [0.717, 1.165) is 24.3 Å². The monoisotopic (exact) mass is 265 g/mol. The average Bonchev–Trinajstić information content (AvgIpc) is 2.89. The number of benzene rings is 1. The SMILES string of the molecule is CC(C)Oc1ccc(C(N)COC2CCOC2)cc1. The van der Waals surface area contributed by atoms with Gasteiger partial charge in [-0.15, -0.1) is 0 Å². The molecule has 1 fully saturated rings. The van der Waals surface area contributed by atoms with Crippen LogP contribution in [0.3, 0.4) is 0 Å². The zero-order valence-corrected chi connectivity index (χ0v) is 11.7. The van der Waals surface area contributed by atoms with Crippen molar-refractivity contribution in [1.29, 1.82) is 0 Å². The van der Waals surface area contributed by atoms with E-state index in [-0.39, 0.29) is 18.2 Å². The molecular formula is C15H23NO3. The van der Waals surface area contributed by atoms with Crippen molar-refractivity contribution in [2.45, 2.75) is 38.5 Å². The van der Waals surface area contributed by atoms with Gasteiger partial charge in [-0.05, 0) is 38.0 Å². The van der Waals surface area contributed by atoms with Crippen molar-refractivity contribution in [1.82, 2.24) is 0 Å². The van der Waals surface area contributed by atoms with E-state index >= 15 is 0 Å². The van der Waals surface area contributed by atoms with Crippen LogP contribution in [-0.4, -0.2) is 32.0 Å². The number of nitrogens with two attached hydrogens (primary N) is 1. The van der Waals surface area contributed by atoms with Gasteiger partial charge in [-0.25, -0.2) is 0 Å². The molecule has 4 heteroatoms. The Morgan fingerprint density at radius 3 is 2.63 bits per heavy atom. The van der Waals surface area contributed by atoms with Gasteiger partial charge in [0.1, 0.15) is 5.75 Å². The van der Waals surface area contributed by atoms with Crippen LogP contribution in [0, 0.1) is 0 Å². The minimum absolute atomic E-state index is 0.103. The lowest BCUT2D eigenvalue weighted by molar-refractivity contribution is 0.0349. The third-order valence-electron chi connectivity index (χ3n) is 3.08. The van der Waals surface area contributed by atoms with Gasteiger partial charge in [-0.2, -0.15) is 0 Å². The first kappa shape index (κ1) is 14.3. The zero-order chi connectivity index (χ0) is 13.7. The maximum atomic E-state index is 6.12. The summed E-state index contributed by atoms with van der Waals surface area (Å²) in [6.45, 7) is 6.03. The van der Waals surface area contributed by atoms with Crippen LogP contribution in [0.2, 0.25) is 0 Å². The Kier molecular flexibility index (Phi) is 5.19. The predicted molar refractivity (Wildman–Crippen MR) is 74.3 cm³/mol. The summed E-state index contributed by atoms with van der Waals surface area (Å²) in [6, 6.07) is 7.80. The molecule has 0 aliphatic carbocycles. The number of hydrogen-bond acceptors (Lipinski definition) is 4. The van der Waals surface area contributed by atoms with E-state index in [1.165, 1.54) is 0 Å². The van der Waals surface area contributed by atoms with E-state index < -0.39 is 0 Å². The van der Waals surface area contributed by atoms with Crippen molar-refractivity contribution in [3.8, 4) is 5.75 Å². The van der Waals surface area contributed by atoms with E-state index in [1.807, 2.05) is 38.1 Å². The molecule has 1 aliphatic heterocycles. The molecule has 2 atom stereocenters. The van der Waals surface area contributed by atoms with Crippen molar-refractivity contribution in [2.24, 2.45) is 5.73 Å². The summed E-state index contributed by atoms with van der Waals surface area (Å²) in [7, 11) is 0. The minimum atomic E-state index is -0.103. The van der Waals surface area contributed by atoms with Crippen LogP contribution in [0.25, 0.3) is 0 Å². The molecule has 4 nitrogen and oxygen atoms in total. The highest BCUT2D eigenvalue weighted by molar-refractivity contribution is 5.29. The van der Waals surface area contributed by atoms with Gasteiger partial charge < -0.3 is 19.9 Å². The maximum absolute atomic E-state index is 6.12. The highest BCUT2D eigenvalue weighted by Crippen LogP contribution is 2.19. The van der Waals surface area contributed by atoms with Crippen molar-refractivity contribution in [3.63, 3.8) is 0 Å². The van der Waals surface area contributed by atoms with Gasteiger partial charge in [-0.3, -0.25) is 0 Å². The molecular weight excluding hydrogens is 242 g/mol. The standard InChI is InChI=1S/C15H23NO3/c1-11(2)19-13-5-3-12(4-6-13)15(16)10-18-14-7-8-17-9-14/h3-6,11,14-15H,7-10,16H2,1-2H3. The predicted octanol–water partition coefficient (Wildman–Crippen LogP) is 2.28. The van der Waals surface area contributed by atoms with Gasteiger partial charge in [0, 0.05) is 6.61 Å². The Bertz CT molecular complexity index is 371. The number of rotatable bonds is 6. The molecule has 2 unspecified atom stereocenters. The lowest BCUT2D eigenvalue weighted by atomic mass is 10.1. The molecule has 0 amide bonds. The second-order valence-corrected chi connectivity index (χ2v) is 5.16. The van der Waals surface area contributed by atoms with E-state index in [2.05, 4.69) is 0 Å².